The molecule has 0 spiro atoms. The number of rotatable bonds is 5. The van der Waals surface area contributed by atoms with Gasteiger partial charge in [0.05, 0.1) is 23.3 Å². The third-order valence-electron chi connectivity index (χ3n) is 4.51. The predicted molar refractivity (Wildman–Crippen MR) is 103 cm³/mol. The van der Waals surface area contributed by atoms with E-state index in [2.05, 4.69) is 24.1 Å². The van der Waals surface area contributed by atoms with Crippen molar-refractivity contribution in [3.63, 3.8) is 0 Å². The van der Waals surface area contributed by atoms with Gasteiger partial charge in [-0.2, -0.15) is 0 Å². The molecular formula is C21H23N3O2. The molecule has 5 heteroatoms. The number of fused-ring (bicyclic) bond motifs is 1. The van der Waals surface area contributed by atoms with Gasteiger partial charge in [-0.25, -0.2) is 4.98 Å². The van der Waals surface area contributed by atoms with Gasteiger partial charge < -0.3 is 5.32 Å². The molecule has 1 unspecified atom stereocenters. The summed E-state index contributed by atoms with van der Waals surface area (Å²) in [6.45, 7) is 5.99. The fourth-order valence-electron chi connectivity index (χ4n) is 3.12. The maximum atomic E-state index is 12.6. The number of amides is 1. The van der Waals surface area contributed by atoms with Gasteiger partial charge in [0.15, 0.2) is 0 Å². The average Bonchev–Trinajstić information content (AvgIpc) is 2.63. The van der Waals surface area contributed by atoms with Gasteiger partial charge >= 0.3 is 0 Å². The van der Waals surface area contributed by atoms with Gasteiger partial charge in [-0.15, -0.1) is 0 Å². The second-order valence-corrected chi connectivity index (χ2v) is 6.85. The van der Waals surface area contributed by atoms with Gasteiger partial charge in [0, 0.05) is 0 Å². The van der Waals surface area contributed by atoms with E-state index in [9.17, 15) is 9.59 Å². The highest BCUT2D eigenvalue weighted by Crippen LogP contribution is 2.21. The molecule has 3 rings (SSSR count). The van der Waals surface area contributed by atoms with Crippen LogP contribution in [0.2, 0.25) is 0 Å². The van der Waals surface area contributed by atoms with Gasteiger partial charge in [-0.1, -0.05) is 56.3 Å². The van der Waals surface area contributed by atoms with Crippen molar-refractivity contribution in [1.29, 1.82) is 0 Å². The Labute approximate surface area is 152 Å². The third kappa shape index (κ3) is 3.67. The smallest absolute Gasteiger partial charge is 0.261 e. The van der Waals surface area contributed by atoms with Crippen molar-refractivity contribution in [2.24, 2.45) is 5.92 Å². The molecule has 5 nitrogen and oxygen atoms in total. The summed E-state index contributed by atoms with van der Waals surface area (Å²) in [6.07, 6.45) is 1.45. The SMILES string of the molecule is Cc1cccc2c(=O)n(CC(=O)NC(c3ccccc3)C(C)C)cnc12. The van der Waals surface area contributed by atoms with E-state index in [0.717, 1.165) is 11.1 Å². The van der Waals surface area contributed by atoms with Gasteiger partial charge in [0.25, 0.3) is 5.56 Å². The molecule has 0 aliphatic carbocycles. The number of aryl methyl sites for hydroxylation is 1. The topological polar surface area (TPSA) is 64.0 Å². The van der Waals surface area contributed by atoms with Crippen LogP contribution in [0.25, 0.3) is 10.9 Å². The third-order valence-corrected chi connectivity index (χ3v) is 4.51. The normalized spacial score (nSPS) is 12.3. The van der Waals surface area contributed by atoms with Crippen LogP contribution in [0.4, 0.5) is 0 Å². The van der Waals surface area contributed by atoms with Crippen molar-refractivity contribution in [2.45, 2.75) is 33.4 Å². The number of carbonyl (C=O) groups excluding carboxylic acids is 1. The van der Waals surface area contributed by atoms with Crippen LogP contribution in [0.3, 0.4) is 0 Å². The summed E-state index contributed by atoms with van der Waals surface area (Å²) in [4.78, 5) is 29.6. The van der Waals surface area contributed by atoms with Crippen molar-refractivity contribution in [3.8, 4) is 0 Å². The molecule has 1 heterocycles. The molecular weight excluding hydrogens is 326 g/mol. The number of nitrogens with zero attached hydrogens (tertiary/aromatic N) is 2. The standard InChI is InChI=1S/C21H23N3O2/c1-14(2)19(16-9-5-4-6-10-16)23-18(25)12-24-13-22-20-15(3)8-7-11-17(20)21(24)26/h4-11,13-14,19H,12H2,1-3H3,(H,23,25). The maximum absolute atomic E-state index is 12.6. The van der Waals surface area contributed by atoms with Crippen LogP contribution >= 0.6 is 0 Å². The average molecular weight is 349 g/mol. The molecule has 1 amide bonds. The van der Waals surface area contributed by atoms with E-state index in [1.807, 2.05) is 49.4 Å². The zero-order valence-electron chi connectivity index (χ0n) is 15.3. The van der Waals surface area contributed by atoms with Crippen molar-refractivity contribution < 1.29 is 4.79 Å². The molecule has 0 aliphatic heterocycles. The molecule has 26 heavy (non-hydrogen) atoms. The number of aromatic nitrogens is 2. The first kappa shape index (κ1) is 17.9. The highest BCUT2D eigenvalue weighted by atomic mass is 16.2. The lowest BCUT2D eigenvalue weighted by Gasteiger charge is -2.23. The molecule has 1 N–H and O–H groups in total. The van der Waals surface area contributed by atoms with Crippen LogP contribution in [0.1, 0.15) is 31.0 Å². The Morgan fingerprint density at radius 1 is 1.12 bits per heavy atom. The van der Waals surface area contributed by atoms with Crippen LogP contribution in [0.5, 0.6) is 0 Å². The molecule has 0 aliphatic rings. The van der Waals surface area contributed by atoms with Gasteiger partial charge in [0.2, 0.25) is 5.91 Å². The maximum Gasteiger partial charge on any atom is 0.261 e. The molecule has 1 atom stereocenters. The van der Waals surface area contributed by atoms with Crippen LogP contribution in [-0.2, 0) is 11.3 Å². The second-order valence-electron chi connectivity index (χ2n) is 6.85. The van der Waals surface area contributed by atoms with Crippen LogP contribution in [0, 0.1) is 12.8 Å². The number of benzene rings is 2. The Morgan fingerprint density at radius 3 is 2.54 bits per heavy atom. The Balaban J connectivity index is 1.83. The molecule has 0 radical (unpaired) electrons. The lowest BCUT2D eigenvalue weighted by Crippen LogP contribution is -2.36. The Morgan fingerprint density at radius 2 is 1.85 bits per heavy atom. The molecule has 0 saturated heterocycles. The quantitative estimate of drug-likeness (QED) is 0.769. The first-order chi connectivity index (χ1) is 12.5. The number of hydrogen-bond acceptors (Lipinski definition) is 3. The number of hydrogen-bond donors (Lipinski definition) is 1. The van der Waals surface area contributed by atoms with E-state index in [1.54, 1.807) is 6.07 Å². The predicted octanol–water partition coefficient (Wildman–Crippen LogP) is 3.22. The Kier molecular flexibility index (Phi) is 5.16. The van der Waals surface area contributed by atoms with Crippen molar-refractivity contribution in [3.05, 3.63) is 76.3 Å². The first-order valence-corrected chi connectivity index (χ1v) is 8.76. The van der Waals surface area contributed by atoms with E-state index in [0.29, 0.717) is 10.9 Å². The van der Waals surface area contributed by atoms with E-state index in [4.69, 9.17) is 0 Å². The fourth-order valence-corrected chi connectivity index (χ4v) is 3.12. The van der Waals surface area contributed by atoms with Gasteiger partial charge in [0.1, 0.15) is 6.54 Å². The summed E-state index contributed by atoms with van der Waals surface area (Å²) in [5, 5.41) is 3.57. The van der Waals surface area contributed by atoms with E-state index >= 15 is 0 Å². The van der Waals surface area contributed by atoms with Crippen LogP contribution in [-0.4, -0.2) is 15.5 Å². The zero-order chi connectivity index (χ0) is 18.7. The summed E-state index contributed by atoms with van der Waals surface area (Å²) in [6, 6.07) is 15.2. The first-order valence-electron chi connectivity index (χ1n) is 8.76. The number of carbonyl (C=O) groups is 1. The van der Waals surface area contributed by atoms with E-state index in [-0.39, 0.29) is 30.0 Å². The van der Waals surface area contributed by atoms with Crippen LogP contribution in [0.15, 0.2) is 59.7 Å². The zero-order valence-corrected chi connectivity index (χ0v) is 15.3. The van der Waals surface area contributed by atoms with Crippen molar-refractivity contribution in [2.75, 3.05) is 0 Å². The largest absolute Gasteiger partial charge is 0.347 e. The molecule has 3 aromatic rings. The summed E-state index contributed by atoms with van der Waals surface area (Å²) in [5.74, 6) is 0.0268. The summed E-state index contributed by atoms with van der Waals surface area (Å²) in [5.41, 5.74) is 2.48. The number of nitrogens with one attached hydrogen (secondary N) is 1. The van der Waals surface area contributed by atoms with Crippen molar-refractivity contribution >= 4 is 16.8 Å². The van der Waals surface area contributed by atoms with E-state index < -0.39 is 0 Å². The van der Waals surface area contributed by atoms with Gasteiger partial charge in [-0.05, 0) is 30.0 Å². The minimum absolute atomic E-state index is 0.0498. The second kappa shape index (κ2) is 7.52. The molecule has 0 bridgehead atoms. The minimum Gasteiger partial charge on any atom is -0.347 e. The molecule has 134 valence electrons. The molecule has 1 aromatic heterocycles. The molecule has 0 fully saturated rings. The lowest BCUT2D eigenvalue weighted by molar-refractivity contribution is -0.122. The molecule has 0 saturated carbocycles. The Bertz CT molecular complexity index is 977. The molecule has 2 aromatic carbocycles. The lowest BCUT2D eigenvalue weighted by atomic mass is 9.96. The summed E-state index contributed by atoms with van der Waals surface area (Å²) >= 11 is 0. The summed E-state index contributed by atoms with van der Waals surface area (Å²) in [7, 11) is 0. The minimum atomic E-state index is -0.205. The highest BCUT2D eigenvalue weighted by molar-refractivity contribution is 5.81. The van der Waals surface area contributed by atoms with E-state index in [1.165, 1.54) is 10.9 Å². The fraction of sp³-hybridized carbons (Fsp3) is 0.286. The van der Waals surface area contributed by atoms with Gasteiger partial charge in [-0.3, -0.25) is 14.2 Å². The monoisotopic (exact) mass is 349 g/mol. The Hall–Kier alpha value is -2.95. The summed E-state index contributed by atoms with van der Waals surface area (Å²) < 4.78 is 1.36. The number of para-hydroxylation sites is 1. The highest BCUT2D eigenvalue weighted by Gasteiger charge is 2.18. The van der Waals surface area contributed by atoms with Crippen LogP contribution < -0.4 is 10.9 Å². The van der Waals surface area contributed by atoms with Crippen molar-refractivity contribution in [1.82, 2.24) is 14.9 Å².